The van der Waals surface area contributed by atoms with Crippen LogP contribution in [-0.4, -0.2) is 43.5 Å². The minimum atomic E-state index is -0.274. The Kier molecular flexibility index (Phi) is 7.91. The summed E-state index contributed by atoms with van der Waals surface area (Å²) in [5, 5.41) is 6.16. The number of rotatable bonds is 7. The maximum Gasteiger partial charge on any atom is 0.317 e. The van der Waals surface area contributed by atoms with Crippen molar-refractivity contribution in [3.8, 4) is 0 Å². The normalized spacial score (nSPS) is 10.6. The van der Waals surface area contributed by atoms with Gasteiger partial charge in [-0.1, -0.05) is 23.7 Å². The number of nitrogens with one attached hydrogen (secondary N) is 2. The summed E-state index contributed by atoms with van der Waals surface area (Å²) in [6.45, 7) is 6.84. The molecule has 0 aliphatic rings. The van der Waals surface area contributed by atoms with Gasteiger partial charge in [0.05, 0.1) is 10.6 Å². The molecule has 2 aromatic carbocycles. The molecule has 0 fully saturated rings. The SMILES string of the molecule is CCNC(=O)N(Cc1cc(NC(=O)c2ccccc2Cl)ccc1N(C)C)C(C)C. The molecule has 7 heteroatoms. The Morgan fingerprint density at radius 1 is 1.10 bits per heavy atom. The number of benzene rings is 2. The molecular formula is C22H29ClN4O2. The fourth-order valence-electron chi connectivity index (χ4n) is 3.00. The van der Waals surface area contributed by atoms with Gasteiger partial charge in [-0.15, -0.1) is 0 Å². The molecule has 0 saturated carbocycles. The highest BCUT2D eigenvalue weighted by atomic mass is 35.5. The first-order valence-electron chi connectivity index (χ1n) is 9.65. The largest absolute Gasteiger partial charge is 0.377 e. The van der Waals surface area contributed by atoms with Gasteiger partial charge in [-0.05, 0) is 56.7 Å². The van der Waals surface area contributed by atoms with Crippen molar-refractivity contribution in [2.24, 2.45) is 0 Å². The molecule has 0 spiro atoms. The number of nitrogens with zero attached hydrogens (tertiary/aromatic N) is 2. The fraction of sp³-hybridized carbons (Fsp3) is 0.364. The zero-order valence-corrected chi connectivity index (χ0v) is 18.4. The molecule has 0 unspecified atom stereocenters. The smallest absolute Gasteiger partial charge is 0.317 e. The second-order valence-corrected chi connectivity index (χ2v) is 7.64. The lowest BCUT2D eigenvalue weighted by atomic mass is 10.1. The average Bonchev–Trinajstić information content (AvgIpc) is 2.66. The first-order chi connectivity index (χ1) is 13.7. The van der Waals surface area contributed by atoms with Crippen LogP contribution in [0.15, 0.2) is 42.5 Å². The number of carbonyl (C=O) groups is 2. The van der Waals surface area contributed by atoms with Crippen molar-refractivity contribution in [1.82, 2.24) is 10.2 Å². The summed E-state index contributed by atoms with van der Waals surface area (Å²) in [5.41, 5.74) is 2.98. The van der Waals surface area contributed by atoms with Crippen molar-refractivity contribution in [3.63, 3.8) is 0 Å². The van der Waals surface area contributed by atoms with Crippen LogP contribution < -0.4 is 15.5 Å². The van der Waals surface area contributed by atoms with Crippen molar-refractivity contribution in [1.29, 1.82) is 0 Å². The Labute approximate surface area is 177 Å². The van der Waals surface area contributed by atoms with E-state index in [9.17, 15) is 9.59 Å². The third kappa shape index (κ3) is 5.87. The molecule has 6 nitrogen and oxygen atoms in total. The molecule has 0 saturated heterocycles. The summed E-state index contributed by atoms with van der Waals surface area (Å²) in [6.07, 6.45) is 0. The Balaban J connectivity index is 2.32. The van der Waals surface area contributed by atoms with E-state index in [0.29, 0.717) is 29.4 Å². The summed E-state index contributed by atoms with van der Waals surface area (Å²) >= 11 is 6.13. The van der Waals surface area contributed by atoms with E-state index in [1.54, 1.807) is 29.2 Å². The van der Waals surface area contributed by atoms with Crippen LogP contribution in [0.2, 0.25) is 5.02 Å². The molecule has 0 heterocycles. The van der Waals surface area contributed by atoms with E-state index in [2.05, 4.69) is 10.6 Å². The third-order valence-corrected chi connectivity index (χ3v) is 4.82. The summed E-state index contributed by atoms with van der Waals surface area (Å²) in [5.74, 6) is -0.274. The molecule has 2 N–H and O–H groups in total. The monoisotopic (exact) mass is 416 g/mol. The molecule has 3 amide bonds. The van der Waals surface area contributed by atoms with Gasteiger partial charge in [0.15, 0.2) is 0 Å². The van der Waals surface area contributed by atoms with Gasteiger partial charge in [0.1, 0.15) is 0 Å². The van der Waals surface area contributed by atoms with Gasteiger partial charge in [-0.2, -0.15) is 0 Å². The van der Waals surface area contributed by atoms with Crippen LogP contribution in [0.5, 0.6) is 0 Å². The number of urea groups is 1. The lowest BCUT2D eigenvalue weighted by Crippen LogP contribution is -2.43. The fourth-order valence-corrected chi connectivity index (χ4v) is 3.22. The number of hydrogen-bond acceptors (Lipinski definition) is 3. The molecule has 0 atom stereocenters. The van der Waals surface area contributed by atoms with Gasteiger partial charge < -0.3 is 20.4 Å². The van der Waals surface area contributed by atoms with E-state index in [0.717, 1.165) is 11.3 Å². The van der Waals surface area contributed by atoms with Crippen LogP contribution in [0, 0.1) is 0 Å². The Morgan fingerprint density at radius 3 is 2.38 bits per heavy atom. The van der Waals surface area contributed by atoms with Crippen LogP contribution in [0.4, 0.5) is 16.2 Å². The van der Waals surface area contributed by atoms with Crippen molar-refractivity contribution in [2.75, 3.05) is 30.9 Å². The highest BCUT2D eigenvalue weighted by molar-refractivity contribution is 6.34. The summed E-state index contributed by atoms with van der Waals surface area (Å²) in [6, 6.07) is 12.5. The molecule has 0 aromatic heterocycles. The van der Waals surface area contributed by atoms with Crippen LogP contribution in [0.25, 0.3) is 0 Å². The van der Waals surface area contributed by atoms with Crippen molar-refractivity contribution < 1.29 is 9.59 Å². The number of carbonyl (C=O) groups excluding carboxylic acids is 2. The molecule has 2 aromatic rings. The lowest BCUT2D eigenvalue weighted by molar-refractivity contribution is 0.102. The standard InChI is InChI=1S/C22H29ClN4O2/c1-6-24-22(29)27(15(2)3)14-16-13-17(11-12-20(16)26(4)5)25-21(28)18-9-7-8-10-19(18)23/h7-13,15H,6,14H2,1-5H3,(H,24,29)(H,25,28). The Hall–Kier alpha value is -2.73. The molecule has 156 valence electrons. The van der Waals surface area contributed by atoms with E-state index in [1.165, 1.54) is 0 Å². The van der Waals surface area contributed by atoms with Gasteiger partial charge in [-0.25, -0.2) is 4.79 Å². The summed E-state index contributed by atoms with van der Waals surface area (Å²) < 4.78 is 0. The van der Waals surface area contributed by atoms with E-state index in [1.807, 2.05) is 58.0 Å². The van der Waals surface area contributed by atoms with Crippen LogP contribution in [0.3, 0.4) is 0 Å². The molecule has 29 heavy (non-hydrogen) atoms. The van der Waals surface area contributed by atoms with Gasteiger partial charge >= 0.3 is 6.03 Å². The van der Waals surface area contributed by atoms with Gasteiger partial charge in [0.25, 0.3) is 5.91 Å². The minimum Gasteiger partial charge on any atom is -0.377 e. The highest BCUT2D eigenvalue weighted by Crippen LogP contribution is 2.26. The molecule has 0 bridgehead atoms. The second kappa shape index (κ2) is 10.2. The Bertz CT molecular complexity index is 868. The molecule has 0 aliphatic carbocycles. The molecular weight excluding hydrogens is 388 g/mol. The van der Waals surface area contributed by atoms with Crippen molar-refractivity contribution in [2.45, 2.75) is 33.4 Å². The van der Waals surface area contributed by atoms with E-state index in [-0.39, 0.29) is 18.0 Å². The second-order valence-electron chi connectivity index (χ2n) is 7.23. The topological polar surface area (TPSA) is 64.7 Å². The van der Waals surface area contributed by atoms with Gasteiger partial charge in [0, 0.05) is 44.6 Å². The van der Waals surface area contributed by atoms with Gasteiger partial charge in [0.2, 0.25) is 0 Å². The number of hydrogen-bond donors (Lipinski definition) is 2. The molecule has 2 rings (SSSR count). The molecule has 0 aliphatic heterocycles. The predicted octanol–water partition coefficient (Wildman–Crippen LogP) is 4.60. The first kappa shape index (κ1) is 22.6. The zero-order valence-electron chi connectivity index (χ0n) is 17.6. The van der Waals surface area contributed by atoms with Crippen LogP contribution in [0.1, 0.15) is 36.7 Å². The van der Waals surface area contributed by atoms with E-state index in [4.69, 9.17) is 11.6 Å². The predicted molar refractivity (Wildman–Crippen MR) is 120 cm³/mol. The number of halogens is 1. The van der Waals surface area contributed by atoms with E-state index < -0.39 is 0 Å². The van der Waals surface area contributed by atoms with Crippen molar-refractivity contribution >= 4 is 34.9 Å². The van der Waals surface area contributed by atoms with E-state index >= 15 is 0 Å². The highest BCUT2D eigenvalue weighted by Gasteiger charge is 2.19. The minimum absolute atomic E-state index is 0.0259. The van der Waals surface area contributed by atoms with Crippen LogP contribution >= 0.6 is 11.6 Å². The number of amides is 3. The first-order valence-corrected chi connectivity index (χ1v) is 10.0. The average molecular weight is 417 g/mol. The van der Waals surface area contributed by atoms with Crippen molar-refractivity contribution in [3.05, 3.63) is 58.6 Å². The summed E-state index contributed by atoms with van der Waals surface area (Å²) in [4.78, 5) is 28.8. The lowest BCUT2D eigenvalue weighted by Gasteiger charge is -2.29. The maximum atomic E-state index is 12.6. The van der Waals surface area contributed by atoms with Crippen LogP contribution in [-0.2, 0) is 6.54 Å². The Morgan fingerprint density at radius 2 is 1.79 bits per heavy atom. The zero-order chi connectivity index (χ0) is 21.6. The quantitative estimate of drug-likeness (QED) is 0.693. The number of anilines is 2. The maximum absolute atomic E-state index is 12.6. The molecule has 0 radical (unpaired) electrons. The van der Waals surface area contributed by atoms with Gasteiger partial charge in [-0.3, -0.25) is 4.79 Å². The summed E-state index contributed by atoms with van der Waals surface area (Å²) in [7, 11) is 3.90. The third-order valence-electron chi connectivity index (χ3n) is 4.49.